The molecule has 0 fully saturated rings. The maximum Gasteiger partial charge on any atom is 0.269 e. The van der Waals surface area contributed by atoms with Crippen LogP contribution in [0.1, 0.15) is 38.7 Å². The Morgan fingerprint density at radius 1 is 1.29 bits per heavy atom. The molecule has 0 aliphatic rings. The Bertz CT molecular complexity index is 362. The number of nitrogens with zero attached hydrogens (tertiary/aromatic N) is 1. The van der Waals surface area contributed by atoms with Crippen molar-refractivity contribution < 1.29 is 4.92 Å². The van der Waals surface area contributed by atoms with Crippen LogP contribution in [0.2, 0.25) is 0 Å². The van der Waals surface area contributed by atoms with Crippen molar-refractivity contribution in [2.75, 3.05) is 6.54 Å². The minimum absolute atomic E-state index is 0.150. The Kier molecular flexibility index (Phi) is 5.10. The summed E-state index contributed by atoms with van der Waals surface area (Å²) in [6.07, 6.45) is 1.05. The number of nitro benzene ring substituents is 1. The van der Waals surface area contributed by atoms with Gasteiger partial charge in [-0.25, -0.2) is 0 Å². The molecule has 17 heavy (non-hydrogen) atoms. The van der Waals surface area contributed by atoms with Gasteiger partial charge in [0.15, 0.2) is 0 Å². The molecule has 1 aromatic rings. The van der Waals surface area contributed by atoms with Gasteiger partial charge in [-0.2, -0.15) is 0 Å². The predicted octanol–water partition coefficient (Wildman–Crippen LogP) is 3.09. The molecule has 1 rings (SSSR count). The fraction of sp³-hybridized carbons (Fsp3) is 0.538. The molecule has 0 aliphatic carbocycles. The van der Waals surface area contributed by atoms with Crippen LogP contribution in [-0.4, -0.2) is 17.5 Å². The topological polar surface area (TPSA) is 55.2 Å². The predicted molar refractivity (Wildman–Crippen MR) is 69.3 cm³/mol. The summed E-state index contributed by atoms with van der Waals surface area (Å²) < 4.78 is 0. The number of nitrogens with one attached hydrogen (secondary N) is 1. The number of benzene rings is 1. The largest absolute Gasteiger partial charge is 0.314 e. The monoisotopic (exact) mass is 236 g/mol. The van der Waals surface area contributed by atoms with Crippen molar-refractivity contribution in [3.8, 4) is 0 Å². The van der Waals surface area contributed by atoms with Gasteiger partial charge in [-0.1, -0.05) is 32.9 Å². The third-order valence-corrected chi connectivity index (χ3v) is 3.14. The van der Waals surface area contributed by atoms with Crippen molar-refractivity contribution >= 4 is 5.69 Å². The quantitative estimate of drug-likeness (QED) is 0.610. The number of non-ortho nitro benzene ring substituents is 1. The summed E-state index contributed by atoms with van der Waals surface area (Å²) in [5, 5.41) is 14.0. The summed E-state index contributed by atoms with van der Waals surface area (Å²) >= 11 is 0. The second-order valence-corrected chi connectivity index (χ2v) is 4.21. The first kappa shape index (κ1) is 13.6. The minimum atomic E-state index is -0.365. The van der Waals surface area contributed by atoms with Crippen LogP contribution in [0.5, 0.6) is 0 Å². The first-order valence-corrected chi connectivity index (χ1v) is 6.07. The van der Waals surface area contributed by atoms with Gasteiger partial charge in [0.05, 0.1) is 4.92 Å². The van der Waals surface area contributed by atoms with Gasteiger partial charge in [0.2, 0.25) is 0 Å². The highest BCUT2D eigenvalue weighted by atomic mass is 16.6. The molecular weight excluding hydrogens is 216 g/mol. The van der Waals surface area contributed by atoms with Crippen LogP contribution in [0, 0.1) is 10.1 Å². The molecule has 4 nitrogen and oxygen atoms in total. The number of hydrogen-bond donors (Lipinski definition) is 1. The zero-order valence-electron chi connectivity index (χ0n) is 10.6. The lowest BCUT2D eigenvalue weighted by Crippen LogP contribution is -2.32. The van der Waals surface area contributed by atoms with Crippen LogP contribution in [-0.2, 0) is 0 Å². The fourth-order valence-corrected chi connectivity index (χ4v) is 2.07. The number of hydrogen-bond acceptors (Lipinski definition) is 3. The van der Waals surface area contributed by atoms with Gasteiger partial charge in [0.1, 0.15) is 0 Å². The van der Waals surface area contributed by atoms with Crippen LogP contribution in [0.3, 0.4) is 0 Å². The van der Waals surface area contributed by atoms with Crippen molar-refractivity contribution in [2.24, 2.45) is 0 Å². The lowest BCUT2D eigenvalue weighted by atomic mass is 9.91. The smallest absolute Gasteiger partial charge is 0.269 e. The van der Waals surface area contributed by atoms with E-state index in [1.807, 2.05) is 12.1 Å². The van der Waals surface area contributed by atoms with Crippen molar-refractivity contribution in [3.05, 3.63) is 39.9 Å². The third-order valence-electron chi connectivity index (χ3n) is 3.14. The van der Waals surface area contributed by atoms with E-state index >= 15 is 0 Å². The number of rotatable bonds is 6. The summed E-state index contributed by atoms with van der Waals surface area (Å²) in [4.78, 5) is 10.2. The highest BCUT2D eigenvalue weighted by Gasteiger charge is 2.16. The van der Waals surface area contributed by atoms with Gasteiger partial charge >= 0.3 is 0 Å². The van der Waals surface area contributed by atoms with Gasteiger partial charge in [-0.3, -0.25) is 10.1 Å². The van der Waals surface area contributed by atoms with E-state index in [9.17, 15) is 10.1 Å². The first-order valence-electron chi connectivity index (χ1n) is 6.07. The van der Waals surface area contributed by atoms with Gasteiger partial charge in [0, 0.05) is 18.2 Å². The molecule has 0 spiro atoms. The Labute approximate surface area is 102 Å². The lowest BCUT2D eigenvalue weighted by Gasteiger charge is -2.23. The van der Waals surface area contributed by atoms with Crippen LogP contribution in [0.25, 0.3) is 0 Å². The van der Waals surface area contributed by atoms with Gasteiger partial charge < -0.3 is 5.32 Å². The fourth-order valence-electron chi connectivity index (χ4n) is 2.07. The number of nitro groups is 1. The molecule has 4 heteroatoms. The van der Waals surface area contributed by atoms with Crippen molar-refractivity contribution in [2.45, 2.75) is 39.2 Å². The van der Waals surface area contributed by atoms with Crippen LogP contribution >= 0.6 is 0 Å². The highest BCUT2D eigenvalue weighted by molar-refractivity contribution is 5.34. The van der Waals surface area contributed by atoms with E-state index in [2.05, 4.69) is 26.1 Å². The molecule has 1 aromatic carbocycles. The second-order valence-electron chi connectivity index (χ2n) is 4.21. The molecule has 0 heterocycles. The van der Waals surface area contributed by atoms with Gasteiger partial charge in [0.25, 0.3) is 5.69 Å². The van der Waals surface area contributed by atoms with E-state index in [1.165, 1.54) is 0 Å². The molecule has 0 amide bonds. The highest BCUT2D eigenvalue weighted by Crippen LogP contribution is 2.23. The molecule has 0 aromatic heterocycles. The Hall–Kier alpha value is -1.42. The summed E-state index contributed by atoms with van der Waals surface area (Å²) in [5.41, 5.74) is 1.29. The second kappa shape index (κ2) is 6.35. The SMILES string of the molecule is CCNC(CC)C(C)c1ccc([N+](=O)[O-])cc1. The molecule has 0 bridgehead atoms. The lowest BCUT2D eigenvalue weighted by molar-refractivity contribution is -0.384. The van der Waals surface area contributed by atoms with Crippen molar-refractivity contribution in [1.82, 2.24) is 5.32 Å². The van der Waals surface area contributed by atoms with E-state index in [0.29, 0.717) is 12.0 Å². The van der Waals surface area contributed by atoms with Crippen LogP contribution in [0.4, 0.5) is 5.69 Å². The molecule has 2 unspecified atom stereocenters. The Morgan fingerprint density at radius 3 is 2.29 bits per heavy atom. The van der Waals surface area contributed by atoms with Gasteiger partial charge in [-0.15, -0.1) is 0 Å². The summed E-state index contributed by atoms with van der Waals surface area (Å²) in [5.74, 6) is 0.362. The molecule has 94 valence electrons. The van der Waals surface area contributed by atoms with Gasteiger partial charge in [-0.05, 0) is 24.4 Å². The van der Waals surface area contributed by atoms with E-state index in [1.54, 1.807) is 12.1 Å². The maximum absolute atomic E-state index is 10.6. The Balaban J connectivity index is 2.81. The van der Waals surface area contributed by atoms with E-state index in [4.69, 9.17) is 0 Å². The van der Waals surface area contributed by atoms with E-state index in [-0.39, 0.29) is 10.6 Å². The average Bonchev–Trinajstić information content (AvgIpc) is 2.35. The molecular formula is C13H20N2O2. The molecule has 0 aliphatic heterocycles. The van der Waals surface area contributed by atoms with Crippen molar-refractivity contribution in [1.29, 1.82) is 0 Å². The molecule has 0 saturated heterocycles. The van der Waals surface area contributed by atoms with E-state index < -0.39 is 0 Å². The summed E-state index contributed by atoms with van der Waals surface area (Å²) in [6.45, 7) is 7.33. The summed E-state index contributed by atoms with van der Waals surface area (Å²) in [6, 6.07) is 7.27. The molecule has 0 radical (unpaired) electrons. The molecule has 1 N–H and O–H groups in total. The minimum Gasteiger partial charge on any atom is -0.314 e. The van der Waals surface area contributed by atoms with E-state index in [0.717, 1.165) is 18.5 Å². The standard InChI is InChI=1S/C13H20N2O2/c1-4-13(14-5-2)10(3)11-6-8-12(9-7-11)15(16)17/h6-10,13-14H,4-5H2,1-3H3. The normalized spacial score (nSPS) is 14.3. The number of likely N-dealkylation sites (N-methyl/N-ethyl adjacent to an activating group) is 1. The maximum atomic E-state index is 10.6. The van der Waals surface area contributed by atoms with Crippen LogP contribution < -0.4 is 5.32 Å². The average molecular weight is 236 g/mol. The Morgan fingerprint density at radius 2 is 1.88 bits per heavy atom. The third kappa shape index (κ3) is 3.53. The summed E-state index contributed by atoms with van der Waals surface area (Å²) in [7, 11) is 0. The molecule has 2 atom stereocenters. The van der Waals surface area contributed by atoms with Crippen LogP contribution in [0.15, 0.2) is 24.3 Å². The zero-order chi connectivity index (χ0) is 12.8. The zero-order valence-corrected chi connectivity index (χ0v) is 10.6. The van der Waals surface area contributed by atoms with Crippen molar-refractivity contribution in [3.63, 3.8) is 0 Å². The first-order chi connectivity index (χ1) is 8.10. The molecule has 0 saturated carbocycles.